The maximum Gasteiger partial charge on any atom is 0.0599 e. The zero-order valence-electron chi connectivity index (χ0n) is 10.1. The maximum absolute atomic E-state index is 6.12. The van der Waals surface area contributed by atoms with E-state index in [4.69, 9.17) is 28.9 Å². The number of fused-ring (bicyclic) bond motifs is 3. The first-order chi connectivity index (χ1) is 8.56. The van der Waals surface area contributed by atoms with Gasteiger partial charge in [-0.2, -0.15) is 0 Å². The smallest absolute Gasteiger partial charge is 0.0599 e. The Labute approximate surface area is 116 Å². The highest BCUT2D eigenvalue weighted by Crippen LogP contribution is 2.41. The Bertz CT molecular complexity index is 614. The van der Waals surface area contributed by atoms with Gasteiger partial charge in [-0.1, -0.05) is 23.2 Å². The Balaban J connectivity index is 2.13. The Hall–Kier alpha value is -0.960. The highest BCUT2D eigenvalue weighted by molar-refractivity contribution is 6.42. The van der Waals surface area contributed by atoms with Crippen molar-refractivity contribution in [2.45, 2.75) is 25.9 Å². The van der Waals surface area contributed by atoms with Crippen LogP contribution in [0.3, 0.4) is 0 Å². The average molecular weight is 281 g/mol. The minimum Gasteiger partial charge on any atom is -0.346 e. The number of hydrogen-bond acceptors (Lipinski definition) is 1. The van der Waals surface area contributed by atoms with E-state index in [1.807, 2.05) is 19.1 Å². The quantitative estimate of drug-likeness (QED) is 0.762. The Morgan fingerprint density at radius 2 is 2.00 bits per heavy atom. The molecule has 1 atom stereocenters. The maximum atomic E-state index is 6.12. The molecule has 2 N–H and O–H groups in total. The Morgan fingerprint density at radius 1 is 1.28 bits per heavy atom. The van der Waals surface area contributed by atoms with Gasteiger partial charge in [0, 0.05) is 30.8 Å². The van der Waals surface area contributed by atoms with Crippen molar-refractivity contribution in [1.29, 1.82) is 0 Å². The lowest BCUT2D eigenvalue weighted by atomic mass is 10.1. The van der Waals surface area contributed by atoms with Crippen molar-refractivity contribution in [1.82, 2.24) is 4.57 Å². The van der Waals surface area contributed by atoms with Crippen molar-refractivity contribution >= 4 is 23.2 Å². The predicted molar refractivity (Wildman–Crippen MR) is 76.3 cm³/mol. The SMILES string of the molecule is CC(N)Cn1ccc2c1-c1cc(Cl)c(Cl)cc1C2. The summed E-state index contributed by atoms with van der Waals surface area (Å²) in [6.07, 6.45) is 3.02. The summed E-state index contributed by atoms with van der Waals surface area (Å²) in [7, 11) is 0. The van der Waals surface area contributed by atoms with Crippen LogP contribution in [0.4, 0.5) is 0 Å². The van der Waals surface area contributed by atoms with Crippen LogP contribution in [-0.4, -0.2) is 10.6 Å². The van der Waals surface area contributed by atoms with Crippen molar-refractivity contribution in [3.8, 4) is 11.3 Å². The molecule has 1 unspecified atom stereocenters. The van der Waals surface area contributed by atoms with E-state index < -0.39 is 0 Å². The van der Waals surface area contributed by atoms with E-state index in [-0.39, 0.29) is 6.04 Å². The van der Waals surface area contributed by atoms with Crippen LogP contribution in [-0.2, 0) is 13.0 Å². The number of halogens is 2. The summed E-state index contributed by atoms with van der Waals surface area (Å²) >= 11 is 12.2. The zero-order valence-corrected chi connectivity index (χ0v) is 11.6. The monoisotopic (exact) mass is 280 g/mol. The van der Waals surface area contributed by atoms with Gasteiger partial charge < -0.3 is 10.3 Å². The number of hydrogen-bond donors (Lipinski definition) is 1. The van der Waals surface area contributed by atoms with Gasteiger partial charge in [0.25, 0.3) is 0 Å². The zero-order chi connectivity index (χ0) is 12.9. The lowest BCUT2D eigenvalue weighted by Gasteiger charge is -2.12. The first-order valence-corrected chi connectivity index (χ1v) is 6.73. The molecule has 0 saturated heterocycles. The Kier molecular flexibility index (Phi) is 2.89. The second-order valence-electron chi connectivity index (χ2n) is 4.92. The van der Waals surface area contributed by atoms with Crippen LogP contribution >= 0.6 is 23.2 Å². The van der Waals surface area contributed by atoms with E-state index in [0.717, 1.165) is 13.0 Å². The van der Waals surface area contributed by atoms with Crippen LogP contribution in [0, 0.1) is 0 Å². The molecule has 1 aliphatic carbocycles. The summed E-state index contributed by atoms with van der Waals surface area (Å²) in [5.41, 5.74) is 10.9. The number of nitrogens with zero attached hydrogens (tertiary/aromatic N) is 1. The molecule has 0 bridgehead atoms. The summed E-state index contributed by atoms with van der Waals surface area (Å²) in [6.45, 7) is 2.83. The van der Waals surface area contributed by atoms with Gasteiger partial charge in [-0.3, -0.25) is 0 Å². The average Bonchev–Trinajstić information content (AvgIpc) is 2.80. The van der Waals surface area contributed by atoms with E-state index >= 15 is 0 Å². The summed E-state index contributed by atoms with van der Waals surface area (Å²) < 4.78 is 2.20. The largest absolute Gasteiger partial charge is 0.346 e. The molecule has 0 aliphatic heterocycles. The first kappa shape index (κ1) is 12.1. The molecule has 94 valence electrons. The van der Waals surface area contributed by atoms with E-state index in [2.05, 4.69) is 16.8 Å². The van der Waals surface area contributed by atoms with Crippen molar-refractivity contribution in [2.75, 3.05) is 0 Å². The molecule has 4 heteroatoms. The summed E-state index contributed by atoms with van der Waals surface area (Å²) in [5.74, 6) is 0. The Morgan fingerprint density at radius 3 is 2.72 bits per heavy atom. The van der Waals surface area contributed by atoms with Crippen molar-refractivity contribution in [2.24, 2.45) is 5.73 Å². The fourth-order valence-corrected chi connectivity index (χ4v) is 2.96. The van der Waals surface area contributed by atoms with Gasteiger partial charge in [0.1, 0.15) is 0 Å². The van der Waals surface area contributed by atoms with E-state index in [1.165, 1.54) is 22.4 Å². The minimum atomic E-state index is 0.133. The topological polar surface area (TPSA) is 30.9 Å². The molecule has 3 rings (SSSR count). The van der Waals surface area contributed by atoms with Crippen LogP contribution < -0.4 is 5.73 Å². The van der Waals surface area contributed by atoms with E-state index in [9.17, 15) is 0 Å². The molecule has 0 spiro atoms. The molecule has 1 aliphatic rings. The van der Waals surface area contributed by atoms with Crippen LogP contribution in [0.25, 0.3) is 11.3 Å². The van der Waals surface area contributed by atoms with E-state index in [0.29, 0.717) is 10.0 Å². The lowest BCUT2D eigenvalue weighted by Crippen LogP contribution is -2.22. The van der Waals surface area contributed by atoms with Crippen LogP contribution in [0.5, 0.6) is 0 Å². The lowest BCUT2D eigenvalue weighted by molar-refractivity contribution is 0.596. The molecule has 0 radical (unpaired) electrons. The number of aromatic nitrogens is 1. The van der Waals surface area contributed by atoms with Gasteiger partial charge in [0.2, 0.25) is 0 Å². The fourth-order valence-electron chi connectivity index (χ4n) is 2.61. The first-order valence-electron chi connectivity index (χ1n) is 5.98. The van der Waals surface area contributed by atoms with Gasteiger partial charge >= 0.3 is 0 Å². The molecule has 0 saturated carbocycles. The molecule has 2 aromatic rings. The molecule has 1 aromatic heterocycles. The molecule has 0 amide bonds. The number of benzene rings is 1. The predicted octanol–water partition coefficient (Wildman–Crippen LogP) is 3.71. The minimum absolute atomic E-state index is 0.133. The molecule has 2 nitrogen and oxygen atoms in total. The van der Waals surface area contributed by atoms with Gasteiger partial charge in [0.15, 0.2) is 0 Å². The third-order valence-electron chi connectivity index (χ3n) is 3.31. The van der Waals surface area contributed by atoms with Gasteiger partial charge in [0.05, 0.1) is 15.7 Å². The van der Waals surface area contributed by atoms with Gasteiger partial charge in [-0.05, 0) is 36.2 Å². The van der Waals surface area contributed by atoms with Crippen LogP contribution in [0.15, 0.2) is 24.4 Å². The van der Waals surface area contributed by atoms with Crippen LogP contribution in [0.1, 0.15) is 18.1 Å². The normalized spacial score (nSPS) is 14.4. The van der Waals surface area contributed by atoms with Crippen LogP contribution in [0.2, 0.25) is 10.0 Å². The third-order valence-corrected chi connectivity index (χ3v) is 4.04. The van der Waals surface area contributed by atoms with E-state index in [1.54, 1.807) is 0 Å². The molecule has 0 fully saturated rings. The standard InChI is InChI=1S/C14H14Cl2N2/c1-8(17)7-18-3-2-9-4-10-5-12(15)13(16)6-11(10)14(9)18/h2-3,5-6,8H,4,7,17H2,1H3. The van der Waals surface area contributed by atoms with Crippen molar-refractivity contribution < 1.29 is 0 Å². The molecule has 1 aromatic carbocycles. The summed E-state index contributed by atoms with van der Waals surface area (Å²) in [5, 5.41) is 1.23. The second kappa shape index (κ2) is 4.30. The number of rotatable bonds is 2. The van der Waals surface area contributed by atoms with Gasteiger partial charge in [-0.15, -0.1) is 0 Å². The highest BCUT2D eigenvalue weighted by atomic mass is 35.5. The fraction of sp³-hybridized carbons (Fsp3) is 0.286. The number of nitrogens with two attached hydrogens (primary N) is 1. The second-order valence-corrected chi connectivity index (χ2v) is 5.73. The summed E-state index contributed by atoms with van der Waals surface area (Å²) in [6, 6.07) is 6.21. The molecular formula is C14H14Cl2N2. The molecular weight excluding hydrogens is 267 g/mol. The molecule has 18 heavy (non-hydrogen) atoms. The van der Waals surface area contributed by atoms with Gasteiger partial charge in [-0.25, -0.2) is 0 Å². The summed E-state index contributed by atoms with van der Waals surface area (Å²) in [4.78, 5) is 0. The van der Waals surface area contributed by atoms with Crippen molar-refractivity contribution in [3.05, 3.63) is 45.6 Å². The van der Waals surface area contributed by atoms with Crippen molar-refractivity contribution in [3.63, 3.8) is 0 Å². The third kappa shape index (κ3) is 1.85. The molecule has 1 heterocycles. The highest BCUT2D eigenvalue weighted by Gasteiger charge is 2.23.